The number of allylic oxidation sites excluding steroid dienone is 2. The number of hydrogen-bond donors (Lipinski definition) is 3. The molecular formula is C42H65N3O12. The van der Waals surface area contributed by atoms with Crippen LogP contribution in [0.1, 0.15) is 73.6 Å². The van der Waals surface area contributed by atoms with Crippen LogP contribution in [0, 0.1) is 11.8 Å². The Kier molecular flexibility index (Phi) is 17.0. The van der Waals surface area contributed by atoms with Crippen molar-refractivity contribution in [2.45, 2.75) is 121 Å². The molecule has 3 unspecified atom stereocenters. The molecule has 15 nitrogen and oxygen atoms in total. The SMILES string of the molecule is CCC(O)C(C)[C@H]1O[C@@H]1CC(C)(O)/C=C/C=C(\C)[C@H]1OC(=O)C[C@H](O)CC[C@@](C)(OC)[C@@H](OC(=O)N2CCN(CCOCCN3C(=O)C=CC3=O)CC2)/C=C/[C@@H]1C. The zero-order chi connectivity index (χ0) is 41.9. The third-order valence-electron chi connectivity index (χ3n) is 11.6. The second-order valence-corrected chi connectivity index (χ2v) is 16.3. The molecule has 0 aromatic carbocycles. The van der Waals surface area contributed by atoms with Crippen molar-refractivity contribution >= 4 is 23.9 Å². The third-order valence-corrected chi connectivity index (χ3v) is 11.6. The average Bonchev–Trinajstić information content (AvgIpc) is 3.86. The molecule has 0 spiro atoms. The predicted molar refractivity (Wildman–Crippen MR) is 211 cm³/mol. The van der Waals surface area contributed by atoms with E-state index in [0.29, 0.717) is 64.2 Å². The van der Waals surface area contributed by atoms with Gasteiger partial charge < -0.3 is 43.9 Å². The number of ether oxygens (including phenoxy) is 5. The number of aliphatic hydroxyl groups is 3. The van der Waals surface area contributed by atoms with Gasteiger partial charge in [0.15, 0.2) is 6.10 Å². The fourth-order valence-electron chi connectivity index (χ4n) is 7.45. The molecule has 2 saturated heterocycles. The highest BCUT2D eigenvalue weighted by Crippen LogP contribution is 2.38. The summed E-state index contributed by atoms with van der Waals surface area (Å²) >= 11 is 0. The molecule has 0 aliphatic carbocycles. The average molecular weight is 804 g/mol. The molecule has 15 heteroatoms. The van der Waals surface area contributed by atoms with Gasteiger partial charge in [-0.25, -0.2) is 4.79 Å². The van der Waals surface area contributed by atoms with Crippen molar-refractivity contribution in [1.29, 1.82) is 0 Å². The smallest absolute Gasteiger partial charge is 0.410 e. The fourth-order valence-corrected chi connectivity index (χ4v) is 7.45. The van der Waals surface area contributed by atoms with Crippen molar-refractivity contribution in [1.82, 2.24) is 14.7 Å². The number of epoxide rings is 1. The van der Waals surface area contributed by atoms with E-state index in [-0.39, 0.29) is 61.9 Å². The number of nitrogens with zero attached hydrogens (tertiary/aromatic N) is 3. The lowest BCUT2D eigenvalue weighted by Gasteiger charge is -2.38. The van der Waals surface area contributed by atoms with Crippen LogP contribution in [0.25, 0.3) is 0 Å². The number of amides is 3. The number of hydrogen-bond acceptors (Lipinski definition) is 13. The summed E-state index contributed by atoms with van der Waals surface area (Å²) in [4.78, 5) is 55.0. The van der Waals surface area contributed by atoms with Crippen molar-refractivity contribution in [3.05, 3.63) is 48.1 Å². The molecule has 0 radical (unpaired) electrons. The summed E-state index contributed by atoms with van der Waals surface area (Å²) < 4.78 is 29.4. The van der Waals surface area contributed by atoms with Crippen LogP contribution in [0.5, 0.6) is 0 Å². The number of aliphatic hydroxyl groups excluding tert-OH is 2. The first kappa shape index (κ1) is 46.3. The van der Waals surface area contributed by atoms with Crippen molar-refractivity contribution in [2.75, 3.05) is 59.6 Å². The molecule has 2 fully saturated rings. The molecule has 10 atom stereocenters. The van der Waals surface area contributed by atoms with Crippen LogP contribution < -0.4 is 0 Å². The van der Waals surface area contributed by atoms with E-state index in [1.807, 2.05) is 40.7 Å². The molecule has 4 aliphatic rings. The van der Waals surface area contributed by atoms with Gasteiger partial charge in [0.1, 0.15) is 11.7 Å². The Labute approximate surface area is 337 Å². The van der Waals surface area contributed by atoms with Crippen LogP contribution in [0.15, 0.2) is 48.1 Å². The lowest BCUT2D eigenvalue weighted by atomic mass is 9.88. The summed E-state index contributed by atoms with van der Waals surface area (Å²) in [5.41, 5.74) is -1.48. The number of carbonyl (C=O) groups excluding carboxylic acids is 4. The summed E-state index contributed by atoms with van der Waals surface area (Å²) in [5, 5.41) is 32.1. The van der Waals surface area contributed by atoms with Crippen LogP contribution in [-0.2, 0) is 38.1 Å². The molecular weight excluding hydrogens is 738 g/mol. The van der Waals surface area contributed by atoms with Crippen LogP contribution in [0.4, 0.5) is 4.79 Å². The maximum absolute atomic E-state index is 13.6. The van der Waals surface area contributed by atoms with Gasteiger partial charge in [0.25, 0.3) is 11.8 Å². The summed E-state index contributed by atoms with van der Waals surface area (Å²) in [7, 11) is 1.53. The van der Waals surface area contributed by atoms with E-state index in [1.54, 1.807) is 36.1 Å². The molecule has 3 N–H and O–H groups in total. The number of carbonyl (C=O) groups is 4. The number of rotatable bonds is 16. The van der Waals surface area contributed by atoms with E-state index in [0.717, 1.165) is 4.90 Å². The second kappa shape index (κ2) is 21.0. The van der Waals surface area contributed by atoms with Crippen molar-refractivity contribution in [3.63, 3.8) is 0 Å². The van der Waals surface area contributed by atoms with E-state index in [2.05, 4.69) is 4.90 Å². The van der Waals surface area contributed by atoms with Gasteiger partial charge >= 0.3 is 12.1 Å². The molecule has 57 heavy (non-hydrogen) atoms. The normalized spacial score (nSPS) is 32.0. The quantitative estimate of drug-likeness (QED) is 0.0517. The monoisotopic (exact) mass is 803 g/mol. The topological polar surface area (TPSA) is 188 Å². The Morgan fingerprint density at radius 1 is 1.11 bits per heavy atom. The number of methoxy groups -OCH3 is 1. The van der Waals surface area contributed by atoms with Crippen LogP contribution in [0.2, 0.25) is 0 Å². The lowest BCUT2D eigenvalue weighted by molar-refractivity contribution is -0.151. The molecule has 0 aromatic heterocycles. The van der Waals surface area contributed by atoms with Gasteiger partial charge in [0, 0.05) is 70.2 Å². The van der Waals surface area contributed by atoms with Crippen LogP contribution >= 0.6 is 0 Å². The van der Waals surface area contributed by atoms with Crippen LogP contribution in [-0.4, -0.2) is 161 Å². The van der Waals surface area contributed by atoms with Gasteiger partial charge in [-0.05, 0) is 51.7 Å². The molecule has 320 valence electrons. The molecule has 0 aromatic rings. The summed E-state index contributed by atoms with van der Waals surface area (Å²) in [6, 6.07) is 0. The summed E-state index contributed by atoms with van der Waals surface area (Å²) in [5.74, 6) is -1.61. The van der Waals surface area contributed by atoms with E-state index < -0.39 is 47.7 Å². The lowest BCUT2D eigenvalue weighted by Crippen LogP contribution is -2.52. The van der Waals surface area contributed by atoms with E-state index >= 15 is 0 Å². The molecule has 4 rings (SSSR count). The van der Waals surface area contributed by atoms with Crippen molar-refractivity contribution in [2.24, 2.45) is 11.8 Å². The molecule has 4 heterocycles. The predicted octanol–water partition coefficient (Wildman–Crippen LogP) is 2.92. The summed E-state index contributed by atoms with van der Waals surface area (Å²) in [6.07, 6.45) is 8.86. The largest absolute Gasteiger partial charge is 0.457 e. The Bertz CT molecular complexity index is 1490. The molecule has 4 aliphatic heterocycles. The Hall–Kier alpha value is -3.44. The maximum Gasteiger partial charge on any atom is 0.410 e. The van der Waals surface area contributed by atoms with Gasteiger partial charge in [-0.2, -0.15) is 0 Å². The van der Waals surface area contributed by atoms with Gasteiger partial charge in [-0.15, -0.1) is 0 Å². The van der Waals surface area contributed by atoms with Crippen LogP contribution in [0.3, 0.4) is 0 Å². The summed E-state index contributed by atoms with van der Waals surface area (Å²) in [6.45, 7) is 14.7. The Morgan fingerprint density at radius 2 is 1.77 bits per heavy atom. The Balaban J connectivity index is 1.36. The number of imide groups is 1. The zero-order valence-corrected chi connectivity index (χ0v) is 34.7. The molecule has 3 amide bonds. The maximum atomic E-state index is 13.6. The first-order valence-corrected chi connectivity index (χ1v) is 20.3. The Morgan fingerprint density at radius 3 is 2.42 bits per heavy atom. The van der Waals surface area contributed by atoms with E-state index in [9.17, 15) is 34.5 Å². The number of esters is 1. The van der Waals surface area contributed by atoms with Crippen molar-refractivity contribution < 1.29 is 58.2 Å². The number of cyclic esters (lactones) is 1. The minimum Gasteiger partial charge on any atom is -0.457 e. The zero-order valence-electron chi connectivity index (χ0n) is 34.7. The first-order valence-electron chi connectivity index (χ1n) is 20.3. The standard InChI is InChI=1S/C42H65N3O12/c1-8-32(47)30(4)39-33(55-39)27-41(5,52)16-9-10-28(2)38-29(3)11-12-34(42(6,53-7)17-15-31(46)26-37(50)57-38)56-40(51)44-20-18-43(19-21-44)22-24-54-25-23-45-35(48)13-14-36(45)49/h9-14,16,29-34,38-39,46-47,52H,8,15,17-27H2,1-7H3/b12-11+,16-9+,28-10+/t29-,30?,31+,32?,33+,34-,38+,39+,41?,42+/m0/s1. The highest BCUT2D eigenvalue weighted by molar-refractivity contribution is 6.12. The van der Waals surface area contributed by atoms with E-state index in [4.69, 9.17) is 23.7 Å². The highest BCUT2D eigenvalue weighted by atomic mass is 16.6. The van der Waals surface area contributed by atoms with Gasteiger partial charge in [-0.3, -0.25) is 24.2 Å². The van der Waals surface area contributed by atoms with Gasteiger partial charge in [0.2, 0.25) is 0 Å². The third kappa shape index (κ3) is 13.6. The first-order chi connectivity index (χ1) is 27.0. The van der Waals surface area contributed by atoms with Crippen molar-refractivity contribution in [3.8, 4) is 0 Å². The second-order valence-electron chi connectivity index (χ2n) is 16.3. The fraction of sp³-hybridized carbons (Fsp3) is 0.714. The highest BCUT2D eigenvalue weighted by Gasteiger charge is 2.47. The number of piperazine rings is 1. The van der Waals surface area contributed by atoms with E-state index in [1.165, 1.54) is 19.3 Å². The molecule has 0 bridgehead atoms. The minimum atomic E-state index is -1.17. The minimum absolute atomic E-state index is 0.0243. The molecule has 0 saturated carbocycles. The van der Waals surface area contributed by atoms with Gasteiger partial charge in [-0.1, -0.05) is 45.1 Å². The van der Waals surface area contributed by atoms with Gasteiger partial charge in [0.05, 0.1) is 56.2 Å².